The standard InChI is InChI=1S/C16H20N4O3S2/c1-3-20-9-17-19-16(20)24-8-12(21)18-14-13(15(22)23-4-2)10-6-5-7-11(10)25-14/h9H,3-8H2,1-2H3,(H,18,21). The first-order valence-electron chi connectivity index (χ1n) is 8.26. The van der Waals surface area contributed by atoms with Crippen molar-refractivity contribution in [2.45, 2.75) is 44.8 Å². The molecule has 1 N–H and O–H groups in total. The van der Waals surface area contributed by atoms with E-state index in [1.54, 1.807) is 13.3 Å². The van der Waals surface area contributed by atoms with E-state index in [0.29, 0.717) is 22.3 Å². The Bertz CT molecular complexity index is 784. The highest BCUT2D eigenvalue weighted by molar-refractivity contribution is 7.99. The van der Waals surface area contributed by atoms with Gasteiger partial charge in [-0.05, 0) is 38.7 Å². The van der Waals surface area contributed by atoms with Crippen LogP contribution in [-0.2, 0) is 28.9 Å². The second-order valence-electron chi connectivity index (χ2n) is 5.52. The molecule has 0 bridgehead atoms. The first kappa shape index (κ1) is 17.9. The maximum absolute atomic E-state index is 12.3. The molecule has 2 aromatic rings. The molecule has 0 fully saturated rings. The summed E-state index contributed by atoms with van der Waals surface area (Å²) in [5, 5.41) is 12.0. The lowest BCUT2D eigenvalue weighted by atomic mass is 10.1. The highest BCUT2D eigenvalue weighted by Gasteiger charge is 2.28. The van der Waals surface area contributed by atoms with Crippen molar-refractivity contribution in [1.29, 1.82) is 0 Å². The Kier molecular flexibility index (Phi) is 5.74. The van der Waals surface area contributed by atoms with E-state index < -0.39 is 0 Å². The van der Waals surface area contributed by atoms with Gasteiger partial charge < -0.3 is 14.6 Å². The van der Waals surface area contributed by atoms with E-state index in [9.17, 15) is 9.59 Å². The lowest BCUT2D eigenvalue weighted by Gasteiger charge is -2.08. The van der Waals surface area contributed by atoms with Crippen LogP contribution >= 0.6 is 23.1 Å². The van der Waals surface area contributed by atoms with Crippen molar-refractivity contribution in [3.05, 3.63) is 22.3 Å². The lowest BCUT2D eigenvalue weighted by molar-refractivity contribution is -0.113. The van der Waals surface area contributed by atoms with Gasteiger partial charge >= 0.3 is 5.97 Å². The van der Waals surface area contributed by atoms with Gasteiger partial charge in [0.05, 0.1) is 17.9 Å². The SMILES string of the molecule is CCOC(=O)c1c(NC(=O)CSc2nncn2CC)sc2c1CCC2. The second kappa shape index (κ2) is 8.01. The molecule has 0 aromatic carbocycles. The minimum atomic E-state index is -0.351. The first-order valence-corrected chi connectivity index (χ1v) is 10.1. The fraction of sp³-hybridized carbons (Fsp3) is 0.500. The van der Waals surface area contributed by atoms with Crippen LogP contribution in [0.15, 0.2) is 11.5 Å². The van der Waals surface area contributed by atoms with E-state index in [1.807, 2.05) is 11.5 Å². The number of anilines is 1. The predicted octanol–water partition coefficient (Wildman–Crippen LogP) is 2.76. The first-order chi connectivity index (χ1) is 12.1. The Balaban J connectivity index is 1.70. The Hall–Kier alpha value is -1.87. The van der Waals surface area contributed by atoms with E-state index in [0.717, 1.165) is 31.4 Å². The summed E-state index contributed by atoms with van der Waals surface area (Å²) in [7, 11) is 0. The molecule has 2 aromatic heterocycles. The minimum Gasteiger partial charge on any atom is -0.462 e. The van der Waals surface area contributed by atoms with Gasteiger partial charge in [0.25, 0.3) is 0 Å². The Morgan fingerprint density at radius 3 is 3.00 bits per heavy atom. The van der Waals surface area contributed by atoms with E-state index in [1.165, 1.54) is 28.0 Å². The molecule has 1 aliphatic rings. The summed E-state index contributed by atoms with van der Waals surface area (Å²) in [5.74, 6) is -0.305. The number of carbonyl (C=O) groups is 2. The Morgan fingerprint density at radius 2 is 2.24 bits per heavy atom. The van der Waals surface area contributed by atoms with Gasteiger partial charge in [-0.2, -0.15) is 0 Å². The molecule has 0 saturated carbocycles. The molecule has 134 valence electrons. The number of thioether (sulfide) groups is 1. The number of carbonyl (C=O) groups excluding carboxylic acids is 2. The van der Waals surface area contributed by atoms with Crippen LogP contribution in [0.4, 0.5) is 5.00 Å². The fourth-order valence-electron chi connectivity index (χ4n) is 2.78. The molecule has 2 heterocycles. The van der Waals surface area contributed by atoms with Crippen molar-refractivity contribution in [1.82, 2.24) is 14.8 Å². The summed E-state index contributed by atoms with van der Waals surface area (Å²) in [6.45, 7) is 4.84. The number of rotatable bonds is 7. The molecule has 0 atom stereocenters. The third-order valence-corrected chi connectivity index (χ3v) is 6.09. The van der Waals surface area contributed by atoms with Gasteiger partial charge in [0.2, 0.25) is 5.91 Å². The van der Waals surface area contributed by atoms with Crippen LogP contribution in [0.3, 0.4) is 0 Å². The molecule has 9 heteroatoms. The van der Waals surface area contributed by atoms with Crippen LogP contribution in [-0.4, -0.2) is 39.0 Å². The van der Waals surface area contributed by atoms with E-state index in [4.69, 9.17) is 4.74 Å². The predicted molar refractivity (Wildman–Crippen MR) is 97.4 cm³/mol. The zero-order valence-electron chi connectivity index (χ0n) is 14.2. The van der Waals surface area contributed by atoms with Crippen LogP contribution < -0.4 is 5.32 Å². The summed E-state index contributed by atoms with van der Waals surface area (Å²) in [6.07, 6.45) is 4.51. The topological polar surface area (TPSA) is 86.1 Å². The number of nitrogens with zero attached hydrogens (tertiary/aromatic N) is 3. The number of fused-ring (bicyclic) bond motifs is 1. The van der Waals surface area contributed by atoms with Gasteiger partial charge in [-0.1, -0.05) is 11.8 Å². The molecule has 0 radical (unpaired) electrons. The van der Waals surface area contributed by atoms with Gasteiger partial charge in [-0.25, -0.2) is 4.79 Å². The molecule has 0 aliphatic heterocycles. The molecule has 1 aliphatic carbocycles. The number of aromatic nitrogens is 3. The number of esters is 1. The maximum Gasteiger partial charge on any atom is 0.341 e. The van der Waals surface area contributed by atoms with Gasteiger partial charge in [-0.3, -0.25) is 4.79 Å². The maximum atomic E-state index is 12.3. The Morgan fingerprint density at radius 1 is 1.40 bits per heavy atom. The number of aryl methyl sites for hydroxylation is 2. The number of thiophene rings is 1. The van der Waals surface area contributed by atoms with Crippen molar-refractivity contribution >= 4 is 40.0 Å². The molecular weight excluding hydrogens is 360 g/mol. The van der Waals surface area contributed by atoms with Crippen molar-refractivity contribution < 1.29 is 14.3 Å². The summed E-state index contributed by atoms with van der Waals surface area (Å²) in [6, 6.07) is 0. The molecule has 25 heavy (non-hydrogen) atoms. The van der Waals surface area contributed by atoms with Crippen LogP contribution in [0.1, 0.15) is 41.1 Å². The van der Waals surface area contributed by atoms with Crippen LogP contribution in [0, 0.1) is 0 Å². The van der Waals surface area contributed by atoms with Crippen LogP contribution in [0.2, 0.25) is 0 Å². The number of hydrogen-bond acceptors (Lipinski definition) is 7. The number of nitrogens with one attached hydrogen (secondary N) is 1. The summed E-state index contributed by atoms with van der Waals surface area (Å²) < 4.78 is 7.05. The van der Waals surface area contributed by atoms with Crippen molar-refractivity contribution in [3.63, 3.8) is 0 Å². The van der Waals surface area contributed by atoms with Gasteiger partial charge in [-0.15, -0.1) is 21.5 Å². The third kappa shape index (κ3) is 3.87. The highest BCUT2D eigenvalue weighted by Crippen LogP contribution is 2.39. The minimum absolute atomic E-state index is 0.166. The highest BCUT2D eigenvalue weighted by atomic mass is 32.2. The number of ether oxygens (including phenoxy) is 1. The second-order valence-corrected chi connectivity index (χ2v) is 7.57. The third-order valence-electron chi connectivity index (χ3n) is 3.91. The normalized spacial score (nSPS) is 12.9. The number of hydrogen-bond donors (Lipinski definition) is 1. The van der Waals surface area contributed by atoms with Crippen LogP contribution in [0.5, 0.6) is 0 Å². The number of amides is 1. The monoisotopic (exact) mass is 380 g/mol. The fourth-order valence-corrected chi connectivity index (χ4v) is 4.85. The summed E-state index contributed by atoms with van der Waals surface area (Å²) in [4.78, 5) is 25.8. The van der Waals surface area contributed by atoms with E-state index in [2.05, 4.69) is 15.5 Å². The molecule has 0 saturated heterocycles. The van der Waals surface area contributed by atoms with E-state index >= 15 is 0 Å². The van der Waals surface area contributed by atoms with Crippen molar-refractivity contribution in [3.8, 4) is 0 Å². The van der Waals surface area contributed by atoms with E-state index in [-0.39, 0.29) is 17.6 Å². The van der Waals surface area contributed by atoms with Gasteiger partial charge in [0.15, 0.2) is 5.16 Å². The zero-order valence-corrected chi connectivity index (χ0v) is 15.8. The summed E-state index contributed by atoms with van der Waals surface area (Å²) >= 11 is 2.81. The van der Waals surface area contributed by atoms with Gasteiger partial charge in [0.1, 0.15) is 11.3 Å². The average Bonchev–Trinajstić information content (AvgIpc) is 3.28. The van der Waals surface area contributed by atoms with Gasteiger partial charge in [0, 0.05) is 11.4 Å². The van der Waals surface area contributed by atoms with Crippen molar-refractivity contribution in [2.24, 2.45) is 0 Å². The quantitative estimate of drug-likeness (QED) is 0.587. The summed E-state index contributed by atoms with van der Waals surface area (Å²) in [5.41, 5.74) is 1.58. The molecule has 7 nitrogen and oxygen atoms in total. The lowest BCUT2D eigenvalue weighted by Crippen LogP contribution is -2.17. The molecule has 0 unspecified atom stereocenters. The van der Waals surface area contributed by atoms with Crippen LogP contribution in [0.25, 0.3) is 0 Å². The largest absolute Gasteiger partial charge is 0.462 e. The zero-order chi connectivity index (χ0) is 17.8. The van der Waals surface area contributed by atoms with Crippen molar-refractivity contribution in [2.75, 3.05) is 17.7 Å². The molecular formula is C16H20N4O3S2. The molecule has 3 rings (SSSR count). The average molecular weight is 380 g/mol. The smallest absolute Gasteiger partial charge is 0.341 e. The Labute approximate surface area is 154 Å². The molecule has 0 spiro atoms. The molecule has 1 amide bonds.